The minimum atomic E-state index is -4.51. The molecule has 0 spiro atoms. The average molecular weight is 476 g/mol. The normalized spacial score (nSPS) is 17.5. The van der Waals surface area contributed by atoms with Crippen molar-refractivity contribution >= 4 is 27.4 Å². The maximum atomic E-state index is 13.3. The predicted molar refractivity (Wildman–Crippen MR) is 125 cm³/mol. The van der Waals surface area contributed by atoms with Crippen molar-refractivity contribution in [2.75, 3.05) is 31.1 Å². The zero-order valence-corrected chi connectivity index (χ0v) is 20.5. The number of piperazine rings is 1. The Bertz CT molecular complexity index is 839. The third kappa shape index (κ3) is 6.96. The summed E-state index contributed by atoms with van der Waals surface area (Å²) >= 11 is 0. The summed E-state index contributed by atoms with van der Waals surface area (Å²) in [6.45, 7) is 11.9. The first-order valence-corrected chi connectivity index (χ1v) is 13.9. The number of alkyl halides is 3. The second-order valence-electron chi connectivity index (χ2n) is 8.92. The molecule has 1 atom stereocenters. The van der Waals surface area contributed by atoms with Crippen LogP contribution in [0.1, 0.15) is 12.6 Å². The predicted octanol–water partition coefficient (Wildman–Crippen LogP) is 4.19. The molecule has 0 unspecified atom stereocenters. The molecule has 0 amide bonds. The molecule has 1 aliphatic rings. The Balaban J connectivity index is 0.00000341. The molecule has 3 heterocycles. The summed E-state index contributed by atoms with van der Waals surface area (Å²) in [4.78, 5) is 10.5. The number of rotatable bonds is 7. The molecular weight excluding hydrogens is 443 g/mol. The lowest BCUT2D eigenvalue weighted by Gasteiger charge is -2.34. The van der Waals surface area contributed by atoms with Crippen LogP contribution in [0.4, 0.5) is 19.0 Å². The lowest BCUT2D eigenvalue weighted by molar-refractivity contribution is -0.141. The Morgan fingerprint density at radius 3 is 2.58 bits per heavy atom. The molecule has 6 nitrogen and oxygen atoms in total. The van der Waals surface area contributed by atoms with Crippen molar-refractivity contribution in [2.45, 2.75) is 51.6 Å². The molecular formula is C20H32F3N5OSSi. The van der Waals surface area contributed by atoms with E-state index in [1.165, 1.54) is 4.57 Å². The summed E-state index contributed by atoms with van der Waals surface area (Å²) in [7, 11) is -1.28. The Labute approximate surface area is 189 Å². The van der Waals surface area contributed by atoms with Crippen molar-refractivity contribution < 1.29 is 17.9 Å². The summed E-state index contributed by atoms with van der Waals surface area (Å²) in [6.07, 6.45) is -1.91. The van der Waals surface area contributed by atoms with Crippen molar-refractivity contribution in [1.29, 1.82) is 0 Å². The molecule has 0 saturated carbocycles. The summed E-state index contributed by atoms with van der Waals surface area (Å²) in [5, 5.41) is 3.33. The van der Waals surface area contributed by atoms with E-state index in [1.54, 1.807) is 12.3 Å². The van der Waals surface area contributed by atoms with Crippen molar-refractivity contribution in [3.05, 3.63) is 30.2 Å². The number of pyridine rings is 1. The number of hydrogen-bond donors (Lipinski definition) is 1. The minimum absolute atomic E-state index is 0. The summed E-state index contributed by atoms with van der Waals surface area (Å²) in [5.74, 6) is 1.02. The standard InChI is InChI=1S/C20H30F3N5OSi.H2S/c1-15-11-24-7-8-28(15)18-6-5-16(12-25-18)19-26-17(20(21,22)23)13-27(19)14-29-9-10-30(2,3)4;/h5-6,12-13,15,24H,7-11,14H2,1-4H3;1H2/t15-;/m0./s1. The van der Waals surface area contributed by atoms with Gasteiger partial charge in [0.25, 0.3) is 0 Å². The number of halogens is 3. The summed E-state index contributed by atoms with van der Waals surface area (Å²) < 4.78 is 46.8. The molecule has 1 saturated heterocycles. The molecule has 31 heavy (non-hydrogen) atoms. The van der Waals surface area contributed by atoms with E-state index < -0.39 is 19.9 Å². The number of aromatic nitrogens is 3. The van der Waals surface area contributed by atoms with Crippen LogP contribution >= 0.6 is 13.5 Å². The second kappa shape index (κ2) is 10.4. The van der Waals surface area contributed by atoms with Gasteiger partial charge in [0.05, 0.1) is 0 Å². The Morgan fingerprint density at radius 1 is 1.26 bits per heavy atom. The number of anilines is 1. The number of ether oxygens (including phenoxy) is 1. The summed E-state index contributed by atoms with van der Waals surface area (Å²) in [5.41, 5.74) is -0.392. The van der Waals surface area contributed by atoms with Gasteiger partial charge in [-0.2, -0.15) is 26.7 Å². The van der Waals surface area contributed by atoms with Crippen LogP contribution in [0.2, 0.25) is 25.7 Å². The maximum Gasteiger partial charge on any atom is 0.434 e. The van der Waals surface area contributed by atoms with Crippen LogP contribution in [0.5, 0.6) is 0 Å². The highest BCUT2D eigenvalue weighted by atomic mass is 32.1. The van der Waals surface area contributed by atoms with Crippen molar-refractivity contribution in [3.8, 4) is 11.4 Å². The van der Waals surface area contributed by atoms with Crippen LogP contribution in [-0.2, 0) is 17.6 Å². The van der Waals surface area contributed by atoms with Crippen LogP contribution < -0.4 is 10.2 Å². The molecule has 2 aromatic rings. The quantitative estimate of drug-likeness (QED) is 0.481. The maximum absolute atomic E-state index is 13.3. The van der Waals surface area contributed by atoms with Gasteiger partial charge in [-0.05, 0) is 25.1 Å². The SMILES string of the molecule is C[C@H]1CNCCN1c1ccc(-c2nc(C(F)(F)F)cn2COCC[Si](C)(C)C)cn1.S. The fourth-order valence-corrected chi connectivity index (χ4v) is 4.05. The minimum Gasteiger partial charge on any atom is -0.361 e. The molecule has 11 heteroatoms. The zero-order chi connectivity index (χ0) is 21.9. The van der Waals surface area contributed by atoms with E-state index in [4.69, 9.17) is 4.74 Å². The molecule has 174 valence electrons. The van der Waals surface area contributed by atoms with Gasteiger partial charge in [0.1, 0.15) is 18.4 Å². The monoisotopic (exact) mass is 475 g/mol. The molecule has 1 N–H and O–H groups in total. The van der Waals surface area contributed by atoms with E-state index in [2.05, 4.69) is 46.7 Å². The first kappa shape index (κ1) is 25.7. The molecule has 3 rings (SSSR count). The molecule has 0 aliphatic carbocycles. The zero-order valence-electron chi connectivity index (χ0n) is 18.5. The van der Waals surface area contributed by atoms with Gasteiger partial charge in [0, 0.05) is 58.3 Å². The number of imidazole rings is 1. The Hall–Kier alpha value is -1.56. The second-order valence-corrected chi connectivity index (χ2v) is 14.5. The average Bonchev–Trinajstić information content (AvgIpc) is 3.10. The molecule has 1 fully saturated rings. The van der Waals surface area contributed by atoms with Crippen molar-refractivity contribution in [2.24, 2.45) is 0 Å². The lowest BCUT2D eigenvalue weighted by atomic mass is 10.2. The van der Waals surface area contributed by atoms with Gasteiger partial charge in [0.2, 0.25) is 0 Å². The van der Waals surface area contributed by atoms with Crippen LogP contribution in [0.3, 0.4) is 0 Å². The highest BCUT2D eigenvalue weighted by Crippen LogP contribution is 2.31. The van der Waals surface area contributed by atoms with E-state index in [-0.39, 0.29) is 26.1 Å². The largest absolute Gasteiger partial charge is 0.434 e. The molecule has 0 bridgehead atoms. The van der Waals surface area contributed by atoms with E-state index in [9.17, 15) is 13.2 Å². The molecule has 0 aromatic carbocycles. The first-order valence-electron chi connectivity index (χ1n) is 10.2. The Kier molecular flexibility index (Phi) is 8.59. The number of nitrogens with zero attached hydrogens (tertiary/aromatic N) is 4. The van der Waals surface area contributed by atoms with Gasteiger partial charge in [-0.15, -0.1) is 0 Å². The third-order valence-electron chi connectivity index (χ3n) is 5.10. The molecule has 0 radical (unpaired) electrons. The van der Waals surface area contributed by atoms with E-state index in [0.717, 1.165) is 37.7 Å². The van der Waals surface area contributed by atoms with Crippen LogP contribution in [0, 0.1) is 0 Å². The molecule has 1 aliphatic heterocycles. The highest BCUT2D eigenvalue weighted by Gasteiger charge is 2.35. The smallest absolute Gasteiger partial charge is 0.361 e. The van der Waals surface area contributed by atoms with Gasteiger partial charge in [-0.1, -0.05) is 19.6 Å². The van der Waals surface area contributed by atoms with Gasteiger partial charge >= 0.3 is 6.18 Å². The highest BCUT2D eigenvalue weighted by molar-refractivity contribution is 7.59. The van der Waals surface area contributed by atoms with E-state index in [1.807, 2.05) is 6.07 Å². The third-order valence-corrected chi connectivity index (χ3v) is 6.80. The van der Waals surface area contributed by atoms with Crippen molar-refractivity contribution in [3.63, 3.8) is 0 Å². The van der Waals surface area contributed by atoms with E-state index in [0.29, 0.717) is 18.2 Å². The fraction of sp³-hybridized carbons (Fsp3) is 0.600. The van der Waals surface area contributed by atoms with Crippen LogP contribution in [0.25, 0.3) is 11.4 Å². The molecule has 2 aromatic heterocycles. The first-order chi connectivity index (χ1) is 14.0. The van der Waals surface area contributed by atoms with Gasteiger partial charge in [0.15, 0.2) is 5.69 Å². The number of nitrogens with one attached hydrogen (secondary N) is 1. The summed E-state index contributed by atoms with van der Waals surface area (Å²) in [6, 6.07) is 4.87. The fourth-order valence-electron chi connectivity index (χ4n) is 3.29. The number of hydrogen-bond acceptors (Lipinski definition) is 5. The van der Waals surface area contributed by atoms with Gasteiger partial charge in [-0.3, -0.25) is 0 Å². The van der Waals surface area contributed by atoms with Gasteiger partial charge in [-0.25, -0.2) is 9.97 Å². The van der Waals surface area contributed by atoms with Crippen molar-refractivity contribution in [1.82, 2.24) is 19.9 Å². The topological polar surface area (TPSA) is 55.2 Å². The lowest BCUT2D eigenvalue weighted by Crippen LogP contribution is -2.50. The van der Waals surface area contributed by atoms with E-state index >= 15 is 0 Å². The van der Waals surface area contributed by atoms with Crippen LogP contribution in [0.15, 0.2) is 24.5 Å². The van der Waals surface area contributed by atoms with Gasteiger partial charge < -0.3 is 19.5 Å². The van der Waals surface area contributed by atoms with Crippen LogP contribution in [-0.4, -0.2) is 54.9 Å². The Morgan fingerprint density at radius 2 is 2.00 bits per heavy atom.